The van der Waals surface area contributed by atoms with Crippen LogP contribution in [0.4, 0.5) is 0 Å². The summed E-state index contributed by atoms with van der Waals surface area (Å²) in [6.07, 6.45) is 0. The molecular weight excluding hydrogens is 562 g/mol. The molecule has 0 unspecified atom stereocenters. The zero-order valence-electron chi connectivity index (χ0n) is 24.7. The number of benzene rings is 6. The minimum absolute atomic E-state index is 0.691. The topological polar surface area (TPSA) is 48.0 Å². The molecule has 0 fully saturated rings. The van der Waals surface area contributed by atoms with E-state index in [1.54, 1.807) is 0 Å². The predicted molar refractivity (Wildman–Crippen MR) is 189 cm³/mol. The molecule has 6 aromatic carbocycles. The van der Waals surface area contributed by atoms with Gasteiger partial charge in [0.15, 0.2) is 5.82 Å². The van der Waals surface area contributed by atoms with Gasteiger partial charge >= 0.3 is 0 Å². The van der Waals surface area contributed by atoms with Crippen LogP contribution in [0.25, 0.3) is 88.6 Å². The zero-order chi connectivity index (χ0) is 30.2. The summed E-state index contributed by atoms with van der Waals surface area (Å²) in [5.41, 5.74) is 9.20. The minimum atomic E-state index is 0.691. The van der Waals surface area contributed by atoms with E-state index in [1.807, 2.05) is 24.3 Å². The third-order valence-corrected chi connectivity index (χ3v) is 9.09. The minimum Gasteiger partial charge on any atom is -0.294 e. The van der Waals surface area contributed by atoms with Gasteiger partial charge in [0, 0.05) is 38.7 Å². The smallest absolute Gasteiger partial charge is 0.162 e. The van der Waals surface area contributed by atoms with Crippen LogP contribution in [0, 0.1) is 0 Å². The van der Waals surface area contributed by atoms with Crippen LogP contribution in [-0.4, -0.2) is 23.9 Å². The van der Waals surface area contributed by atoms with Crippen molar-refractivity contribution in [3.05, 3.63) is 152 Å². The van der Waals surface area contributed by atoms with Gasteiger partial charge in [-0.3, -0.25) is 8.97 Å². The van der Waals surface area contributed by atoms with Gasteiger partial charge in [-0.1, -0.05) is 121 Å². The fourth-order valence-corrected chi connectivity index (χ4v) is 7.04. The first-order valence-corrected chi connectivity index (χ1v) is 15.5. The van der Waals surface area contributed by atoms with E-state index in [9.17, 15) is 0 Å². The van der Waals surface area contributed by atoms with Crippen molar-refractivity contribution in [3.8, 4) is 28.5 Å². The number of rotatable bonds is 3. The van der Waals surface area contributed by atoms with Gasteiger partial charge in [-0.25, -0.2) is 15.0 Å². The van der Waals surface area contributed by atoms with Crippen molar-refractivity contribution < 1.29 is 0 Å². The van der Waals surface area contributed by atoms with Crippen molar-refractivity contribution in [1.29, 1.82) is 0 Å². The van der Waals surface area contributed by atoms with Crippen molar-refractivity contribution in [2.24, 2.45) is 0 Å². The highest BCUT2D eigenvalue weighted by Gasteiger charge is 2.20. The number of pyridine rings is 1. The Balaban J connectivity index is 1.35. The summed E-state index contributed by atoms with van der Waals surface area (Å²) >= 11 is 0. The summed E-state index contributed by atoms with van der Waals surface area (Å²) < 4.78 is 4.60. The Morgan fingerprint density at radius 2 is 1.00 bits per heavy atom. The second-order valence-corrected chi connectivity index (χ2v) is 11.7. The van der Waals surface area contributed by atoms with Gasteiger partial charge in [-0.05, 0) is 29.7 Å². The molecule has 0 spiro atoms. The fourth-order valence-electron chi connectivity index (χ4n) is 7.04. The molecule has 0 atom stereocenters. The lowest BCUT2D eigenvalue weighted by Crippen LogP contribution is -2.02. The third-order valence-electron chi connectivity index (χ3n) is 9.09. The van der Waals surface area contributed by atoms with E-state index < -0.39 is 0 Å². The first kappa shape index (κ1) is 25.0. The van der Waals surface area contributed by atoms with E-state index in [0.717, 1.165) is 72.0 Å². The average molecular weight is 588 g/mol. The molecular formula is C41H25N5. The molecule has 5 nitrogen and oxygen atoms in total. The molecule has 0 aliphatic rings. The quantitative estimate of drug-likeness (QED) is 0.193. The van der Waals surface area contributed by atoms with Crippen LogP contribution in [0.2, 0.25) is 0 Å². The van der Waals surface area contributed by atoms with Crippen LogP contribution in [0.5, 0.6) is 0 Å². The highest BCUT2D eigenvalue weighted by atomic mass is 15.1. The predicted octanol–water partition coefficient (Wildman–Crippen LogP) is 10.0. The number of hydrogen-bond donors (Lipinski definition) is 0. The summed E-state index contributed by atoms with van der Waals surface area (Å²) in [6, 6.07) is 52.9. The molecule has 0 aliphatic heterocycles. The van der Waals surface area contributed by atoms with E-state index in [0.29, 0.717) is 5.82 Å². The normalized spacial score (nSPS) is 11.9. The number of aromatic nitrogens is 5. The molecule has 0 bridgehead atoms. The van der Waals surface area contributed by atoms with Gasteiger partial charge in [-0.15, -0.1) is 0 Å². The molecule has 5 heteroatoms. The molecule has 4 heterocycles. The first-order valence-electron chi connectivity index (χ1n) is 15.5. The highest BCUT2D eigenvalue weighted by Crippen LogP contribution is 2.38. The van der Waals surface area contributed by atoms with Crippen LogP contribution in [-0.2, 0) is 0 Å². The molecule has 214 valence electrons. The van der Waals surface area contributed by atoms with Crippen LogP contribution in [0.1, 0.15) is 0 Å². The number of hydrogen-bond acceptors (Lipinski definition) is 3. The second kappa shape index (κ2) is 9.58. The standard InChI is InChI=1S/C41H25N5/c1-3-13-26(14-4-1)33-24-39(44-40(42-33)27-15-5-2-6-16-27)45-35-21-11-10-19-30(35)32-23-34-38(25-37(32)45)46-36-22-12-9-18-29(36)28-17-7-8-20-31(28)41(46)43-34/h1-25H. The maximum absolute atomic E-state index is 5.27. The van der Waals surface area contributed by atoms with Crippen LogP contribution >= 0.6 is 0 Å². The lowest BCUT2D eigenvalue weighted by molar-refractivity contribution is 1.05. The zero-order valence-corrected chi connectivity index (χ0v) is 24.7. The van der Waals surface area contributed by atoms with Crippen LogP contribution < -0.4 is 0 Å². The summed E-state index contributed by atoms with van der Waals surface area (Å²) in [5, 5.41) is 5.86. The molecule has 4 aromatic heterocycles. The van der Waals surface area contributed by atoms with Crippen LogP contribution in [0.3, 0.4) is 0 Å². The fraction of sp³-hybridized carbons (Fsp3) is 0. The molecule has 0 N–H and O–H groups in total. The van der Waals surface area contributed by atoms with Gasteiger partial charge < -0.3 is 0 Å². The number of imidazole rings is 1. The summed E-state index contributed by atoms with van der Waals surface area (Å²) in [4.78, 5) is 15.5. The largest absolute Gasteiger partial charge is 0.294 e. The van der Waals surface area contributed by atoms with Gasteiger partial charge in [-0.2, -0.15) is 0 Å². The van der Waals surface area contributed by atoms with Gasteiger partial charge in [0.2, 0.25) is 0 Å². The summed E-state index contributed by atoms with van der Waals surface area (Å²) in [7, 11) is 0. The van der Waals surface area contributed by atoms with E-state index >= 15 is 0 Å². The van der Waals surface area contributed by atoms with Crippen molar-refractivity contribution in [2.45, 2.75) is 0 Å². The second-order valence-electron chi connectivity index (χ2n) is 11.7. The van der Waals surface area contributed by atoms with Gasteiger partial charge in [0.1, 0.15) is 11.5 Å². The molecule has 46 heavy (non-hydrogen) atoms. The van der Waals surface area contributed by atoms with E-state index in [-0.39, 0.29) is 0 Å². The molecule has 0 saturated heterocycles. The molecule has 0 amide bonds. The average Bonchev–Trinajstić information content (AvgIpc) is 3.67. The maximum Gasteiger partial charge on any atom is 0.162 e. The SMILES string of the molecule is c1ccc(-c2cc(-n3c4ccccc4c4cc5nc6c7ccccc7c7ccccc7n6c5cc43)nc(-c3ccccc3)n2)cc1. The van der Waals surface area contributed by atoms with Gasteiger partial charge in [0.05, 0.1) is 33.3 Å². The Morgan fingerprint density at radius 1 is 0.391 bits per heavy atom. The Bertz CT molecular complexity index is 2740. The lowest BCUT2D eigenvalue weighted by atomic mass is 10.1. The number of para-hydroxylation sites is 2. The van der Waals surface area contributed by atoms with E-state index in [4.69, 9.17) is 15.0 Å². The first-order chi connectivity index (χ1) is 22.8. The van der Waals surface area contributed by atoms with Gasteiger partial charge in [0.25, 0.3) is 0 Å². The third kappa shape index (κ3) is 3.60. The van der Waals surface area contributed by atoms with Crippen molar-refractivity contribution in [2.75, 3.05) is 0 Å². The van der Waals surface area contributed by atoms with E-state index in [1.165, 1.54) is 10.8 Å². The lowest BCUT2D eigenvalue weighted by Gasteiger charge is -2.12. The molecule has 0 saturated carbocycles. The maximum atomic E-state index is 5.27. The Labute approximate surface area is 263 Å². The monoisotopic (exact) mass is 587 g/mol. The van der Waals surface area contributed by atoms with Crippen molar-refractivity contribution >= 4 is 60.2 Å². The van der Waals surface area contributed by atoms with Crippen molar-refractivity contribution in [1.82, 2.24) is 23.9 Å². The molecule has 0 aliphatic carbocycles. The van der Waals surface area contributed by atoms with E-state index in [2.05, 4.69) is 136 Å². The Morgan fingerprint density at radius 3 is 1.76 bits per heavy atom. The highest BCUT2D eigenvalue weighted by molar-refractivity contribution is 6.17. The summed E-state index contributed by atoms with van der Waals surface area (Å²) in [6.45, 7) is 0. The number of nitrogens with zero attached hydrogens (tertiary/aromatic N) is 5. The summed E-state index contributed by atoms with van der Waals surface area (Å²) in [5.74, 6) is 1.51. The Kier molecular flexibility index (Phi) is 5.22. The molecule has 10 aromatic rings. The van der Waals surface area contributed by atoms with Crippen molar-refractivity contribution in [3.63, 3.8) is 0 Å². The molecule has 10 rings (SSSR count). The van der Waals surface area contributed by atoms with Crippen LogP contribution in [0.15, 0.2) is 152 Å². The number of fused-ring (bicyclic) bond motifs is 11. The molecule has 0 radical (unpaired) electrons. The Hall–Kier alpha value is -6.33.